The number of nitrogens with zero attached hydrogens (tertiary/aromatic N) is 3. The van der Waals surface area contributed by atoms with Gasteiger partial charge in [0.1, 0.15) is 5.82 Å². The highest BCUT2D eigenvalue weighted by molar-refractivity contribution is 5.50. The van der Waals surface area contributed by atoms with Gasteiger partial charge < -0.3 is 5.73 Å². The van der Waals surface area contributed by atoms with Crippen LogP contribution in [0.5, 0.6) is 0 Å². The zero-order valence-corrected chi connectivity index (χ0v) is 12.2. The number of anilines is 1. The largest absolute Gasteiger partial charge is 0.383 e. The van der Waals surface area contributed by atoms with Gasteiger partial charge in [-0.25, -0.2) is 4.68 Å². The minimum absolute atomic E-state index is 0.682. The molecule has 4 nitrogen and oxygen atoms in total. The summed E-state index contributed by atoms with van der Waals surface area (Å²) in [5.74, 6) is 1.47. The number of hydrogen-bond acceptors (Lipinski definition) is 3. The lowest BCUT2D eigenvalue weighted by Gasteiger charge is -2.27. The molecule has 0 spiro atoms. The van der Waals surface area contributed by atoms with Crippen LogP contribution in [0.4, 0.5) is 5.82 Å². The minimum atomic E-state index is 0.682. The molecule has 0 amide bonds. The quantitative estimate of drug-likeness (QED) is 0.932. The van der Waals surface area contributed by atoms with Gasteiger partial charge in [0.25, 0.3) is 0 Å². The average Bonchev–Trinajstić information content (AvgIpc) is 2.76. The van der Waals surface area contributed by atoms with Gasteiger partial charge in [0.15, 0.2) is 0 Å². The number of para-hydroxylation sites is 1. The molecular weight excluding hydrogens is 248 g/mol. The summed E-state index contributed by atoms with van der Waals surface area (Å²) in [6, 6.07) is 10.1. The zero-order valence-electron chi connectivity index (χ0n) is 12.2. The monoisotopic (exact) mass is 270 g/mol. The maximum atomic E-state index is 6.32. The van der Waals surface area contributed by atoms with Crippen molar-refractivity contribution >= 4 is 5.82 Å². The van der Waals surface area contributed by atoms with Crippen molar-refractivity contribution in [3.8, 4) is 5.69 Å². The average molecular weight is 270 g/mol. The second kappa shape index (κ2) is 5.29. The molecule has 0 fully saturated rings. The van der Waals surface area contributed by atoms with E-state index in [4.69, 9.17) is 10.8 Å². The molecule has 0 saturated heterocycles. The van der Waals surface area contributed by atoms with Crippen LogP contribution in [0.1, 0.15) is 25.1 Å². The predicted octanol–water partition coefficient (Wildman–Crippen LogP) is 2.47. The maximum absolute atomic E-state index is 6.32. The Bertz CT molecular complexity index is 586. The molecule has 4 heteroatoms. The van der Waals surface area contributed by atoms with Crippen molar-refractivity contribution in [1.82, 2.24) is 14.7 Å². The van der Waals surface area contributed by atoms with E-state index in [0.29, 0.717) is 5.92 Å². The molecule has 20 heavy (non-hydrogen) atoms. The summed E-state index contributed by atoms with van der Waals surface area (Å²) < 4.78 is 1.88. The first-order chi connectivity index (χ1) is 9.65. The van der Waals surface area contributed by atoms with Crippen molar-refractivity contribution in [2.24, 2.45) is 5.92 Å². The van der Waals surface area contributed by atoms with Crippen molar-refractivity contribution in [1.29, 1.82) is 0 Å². The summed E-state index contributed by atoms with van der Waals surface area (Å²) in [5, 5.41) is 4.70. The topological polar surface area (TPSA) is 47.1 Å². The Kier molecular flexibility index (Phi) is 3.49. The van der Waals surface area contributed by atoms with Crippen molar-refractivity contribution in [3.05, 3.63) is 41.6 Å². The first-order valence-electron chi connectivity index (χ1n) is 7.29. The van der Waals surface area contributed by atoms with Gasteiger partial charge in [-0.2, -0.15) is 5.10 Å². The number of rotatable bonds is 3. The van der Waals surface area contributed by atoms with Crippen LogP contribution in [0.3, 0.4) is 0 Å². The van der Waals surface area contributed by atoms with Crippen LogP contribution in [0.25, 0.3) is 5.69 Å². The molecule has 0 bridgehead atoms. The number of hydrogen-bond donors (Lipinski definition) is 1. The van der Waals surface area contributed by atoms with Crippen LogP contribution < -0.4 is 5.73 Å². The van der Waals surface area contributed by atoms with Gasteiger partial charge in [0.2, 0.25) is 0 Å². The normalized spacial score (nSPS) is 15.6. The summed E-state index contributed by atoms with van der Waals surface area (Å²) in [5.41, 5.74) is 9.73. The molecule has 1 aromatic carbocycles. The van der Waals surface area contributed by atoms with Gasteiger partial charge in [-0.05, 0) is 18.1 Å². The van der Waals surface area contributed by atoms with E-state index in [1.807, 2.05) is 35.0 Å². The Labute approximate surface area is 120 Å². The summed E-state index contributed by atoms with van der Waals surface area (Å²) in [7, 11) is 0. The van der Waals surface area contributed by atoms with E-state index in [2.05, 4.69) is 18.7 Å². The second-order valence-corrected chi connectivity index (χ2v) is 5.94. The van der Waals surface area contributed by atoms with Crippen LogP contribution in [0, 0.1) is 5.92 Å². The molecule has 2 heterocycles. The third-order valence-corrected chi connectivity index (χ3v) is 3.78. The van der Waals surface area contributed by atoms with E-state index in [1.54, 1.807) is 0 Å². The highest BCUT2D eigenvalue weighted by Gasteiger charge is 2.24. The van der Waals surface area contributed by atoms with E-state index in [9.17, 15) is 0 Å². The van der Waals surface area contributed by atoms with Gasteiger partial charge in [-0.15, -0.1) is 0 Å². The number of nitrogens with two attached hydrogens (primary N) is 1. The molecule has 3 rings (SSSR count). The van der Waals surface area contributed by atoms with Gasteiger partial charge in [0.05, 0.1) is 11.4 Å². The highest BCUT2D eigenvalue weighted by Crippen LogP contribution is 2.26. The zero-order chi connectivity index (χ0) is 14.1. The van der Waals surface area contributed by atoms with Crippen LogP contribution >= 0.6 is 0 Å². The van der Waals surface area contributed by atoms with Gasteiger partial charge >= 0.3 is 0 Å². The van der Waals surface area contributed by atoms with Gasteiger partial charge in [0, 0.05) is 31.6 Å². The molecule has 0 aliphatic carbocycles. The van der Waals surface area contributed by atoms with Crippen LogP contribution in [0.2, 0.25) is 0 Å². The smallest absolute Gasteiger partial charge is 0.132 e. The summed E-state index contributed by atoms with van der Waals surface area (Å²) in [6.07, 6.45) is 0.992. The van der Waals surface area contributed by atoms with Crippen molar-refractivity contribution in [2.75, 3.05) is 18.8 Å². The molecular formula is C16H22N4. The number of aromatic nitrogens is 2. The third kappa shape index (κ3) is 2.43. The number of fused-ring (bicyclic) bond motifs is 1. The molecule has 1 aliphatic heterocycles. The Hall–Kier alpha value is -1.81. The van der Waals surface area contributed by atoms with E-state index >= 15 is 0 Å². The minimum Gasteiger partial charge on any atom is -0.383 e. The fraction of sp³-hybridized carbons (Fsp3) is 0.438. The van der Waals surface area contributed by atoms with E-state index in [0.717, 1.165) is 43.3 Å². The van der Waals surface area contributed by atoms with Crippen molar-refractivity contribution < 1.29 is 0 Å². The van der Waals surface area contributed by atoms with Crippen LogP contribution in [-0.2, 0) is 13.0 Å². The first kappa shape index (κ1) is 13.2. The van der Waals surface area contributed by atoms with Crippen LogP contribution in [-0.4, -0.2) is 27.8 Å². The summed E-state index contributed by atoms with van der Waals surface area (Å²) >= 11 is 0. The molecule has 2 aromatic rings. The lowest BCUT2D eigenvalue weighted by molar-refractivity contribution is 0.226. The van der Waals surface area contributed by atoms with Crippen molar-refractivity contribution in [3.63, 3.8) is 0 Å². The SMILES string of the molecule is CC(C)CN1CCc2nn(-c3ccccc3)c(N)c2C1. The van der Waals surface area contributed by atoms with E-state index in [1.165, 1.54) is 5.56 Å². The first-order valence-corrected chi connectivity index (χ1v) is 7.29. The predicted molar refractivity (Wildman–Crippen MR) is 81.8 cm³/mol. The summed E-state index contributed by atoms with van der Waals surface area (Å²) in [4.78, 5) is 2.47. The highest BCUT2D eigenvalue weighted by atomic mass is 15.3. The van der Waals surface area contributed by atoms with Gasteiger partial charge in [-0.3, -0.25) is 4.90 Å². The Morgan fingerprint density at radius 3 is 2.70 bits per heavy atom. The summed E-state index contributed by atoms with van der Waals surface area (Å²) in [6.45, 7) is 7.64. The lowest BCUT2D eigenvalue weighted by atomic mass is 10.1. The lowest BCUT2D eigenvalue weighted by Crippen LogP contribution is -2.33. The fourth-order valence-corrected chi connectivity index (χ4v) is 2.89. The molecule has 0 radical (unpaired) electrons. The maximum Gasteiger partial charge on any atom is 0.132 e. The van der Waals surface area contributed by atoms with E-state index < -0.39 is 0 Å². The Balaban J connectivity index is 1.90. The molecule has 0 atom stereocenters. The molecule has 2 N–H and O–H groups in total. The Morgan fingerprint density at radius 1 is 1.25 bits per heavy atom. The van der Waals surface area contributed by atoms with Crippen LogP contribution in [0.15, 0.2) is 30.3 Å². The standard InChI is InChI=1S/C16H22N4/c1-12(2)10-19-9-8-15-14(11-19)16(17)20(18-15)13-6-4-3-5-7-13/h3-7,12H,8-11,17H2,1-2H3. The molecule has 1 aromatic heterocycles. The molecule has 1 aliphatic rings. The Morgan fingerprint density at radius 2 is 2.00 bits per heavy atom. The number of benzene rings is 1. The number of nitrogen functional groups attached to an aromatic ring is 1. The van der Waals surface area contributed by atoms with E-state index in [-0.39, 0.29) is 0 Å². The fourth-order valence-electron chi connectivity index (χ4n) is 2.89. The van der Waals surface area contributed by atoms with Gasteiger partial charge in [-0.1, -0.05) is 32.0 Å². The second-order valence-electron chi connectivity index (χ2n) is 5.94. The third-order valence-electron chi connectivity index (χ3n) is 3.78. The molecule has 0 unspecified atom stereocenters. The molecule has 106 valence electrons. The van der Waals surface area contributed by atoms with Crippen molar-refractivity contribution in [2.45, 2.75) is 26.8 Å². The molecule has 0 saturated carbocycles.